The first-order valence-electron chi connectivity index (χ1n) is 12.2. The molecule has 9 heteroatoms. The maximum atomic E-state index is 12.8. The third kappa shape index (κ3) is 6.59. The fraction of sp³-hybridized carbons (Fsp3) is 0.276. The first kappa shape index (κ1) is 27.8. The summed E-state index contributed by atoms with van der Waals surface area (Å²) >= 11 is 1.46. The van der Waals surface area contributed by atoms with Gasteiger partial charge in [-0.2, -0.15) is 0 Å². The molecule has 7 nitrogen and oxygen atoms in total. The molecule has 3 aromatic carbocycles. The topological polar surface area (TPSA) is 93.3 Å². The van der Waals surface area contributed by atoms with Crippen LogP contribution >= 0.6 is 11.8 Å². The van der Waals surface area contributed by atoms with Gasteiger partial charge in [0.1, 0.15) is 11.5 Å². The number of nitrogens with one attached hydrogen (secondary N) is 2. The number of nitrogens with zero attached hydrogens (tertiary/aromatic N) is 1. The normalized spacial score (nSPS) is 11.9. The molecule has 0 aliphatic carbocycles. The van der Waals surface area contributed by atoms with Gasteiger partial charge in [-0.25, -0.2) is 18.1 Å². The SMILES string of the molecule is COc1ccc(-c2nc(SCCNS(=O)(=O)c3ccc(C(C)(C)C)cc3)[nH]c2-c2ccc(OC)cc2)cc1. The summed E-state index contributed by atoms with van der Waals surface area (Å²) in [5.74, 6) is 2.05. The van der Waals surface area contributed by atoms with Crippen LogP contribution in [0.3, 0.4) is 0 Å². The number of thioether (sulfide) groups is 1. The number of aromatic amines is 1. The van der Waals surface area contributed by atoms with Crippen molar-refractivity contribution < 1.29 is 17.9 Å². The molecule has 0 unspecified atom stereocenters. The number of sulfonamides is 1. The number of methoxy groups -OCH3 is 2. The molecule has 200 valence electrons. The zero-order valence-electron chi connectivity index (χ0n) is 22.2. The van der Waals surface area contributed by atoms with E-state index in [-0.39, 0.29) is 16.9 Å². The zero-order chi connectivity index (χ0) is 27.3. The minimum Gasteiger partial charge on any atom is -0.497 e. The lowest BCUT2D eigenvalue weighted by Crippen LogP contribution is -2.26. The van der Waals surface area contributed by atoms with Crippen molar-refractivity contribution in [1.82, 2.24) is 14.7 Å². The van der Waals surface area contributed by atoms with Crippen LogP contribution in [0.2, 0.25) is 0 Å². The Hall–Kier alpha value is -3.27. The molecule has 0 aliphatic heterocycles. The van der Waals surface area contributed by atoms with E-state index in [4.69, 9.17) is 14.5 Å². The second-order valence-corrected chi connectivity index (χ2v) is 12.6. The minimum atomic E-state index is -3.60. The molecular formula is C29H33N3O4S2. The van der Waals surface area contributed by atoms with E-state index >= 15 is 0 Å². The molecule has 0 atom stereocenters. The number of ether oxygens (including phenoxy) is 2. The van der Waals surface area contributed by atoms with Crippen LogP contribution in [-0.4, -0.2) is 44.9 Å². The van der Waals surface area contributed by atoms with Crippen molar-refractivity contribution in [2.24, 2.45) is 0 Å². The molecule has 0 spiro atoms. The average Bonchev–Trinajstić information content (AvgIpc) is 3.35. The molecule has 0 aliphatic rings. The quantitative estimate of drug-likeness (QED) is 0.182. The number of benzene rings is 3. The van der Waals surface area contributed by atoms with Crippen LogP contribution in [0.1, 0.15) is 26.3 Å². The Labute approximate surface area is 229 Å². The Morgan fingerprint density at radius 1 is 0.842 bits per heavy atom. The second-order valence-electron chi connectivity index (χ2n) is 9.74. The van der Waals surface area contributed by atoms with Crippen molar-refractivity contribution in [3.05, 3.63) is 78.4 Å². The Bertz CT molecular complexity index is 1390. The lowest BCUT2D eigenvalue weighted by atomic mass is 9.87. The van der Waals surface area contributed by atoms with Gasteiger partial charge < -0.3 is 14.5 Å². The number of imidazole rings is 1. The van der Waals surface area contributed by atoms with Crippen molar-refractivity contribution in [2.75, 3.05) is 26.5 Å². The maximum Gasteiger partial charge on any atom is 0.240 e. The zero-order valence-corrected chi connectivity index (χ0v) is 23.9. The van der Waals surface area contributed by atoms with Gasteiger partial charge in [0.05, 0.1) is 30.5 Å². The molecule has 0 fully saturated rings. The van der Waals surface area contributed by atoms with Gasteiger partial charge in [-0.05, 0) is 71.6 Å². The van der Waals surface area contributed by atoms with Crippen LogP contribution in [0.4, 0.5) is 0 Å². The van der Waals surface area contributed by atoms with E-state index in [0.717, 1.165) is 39.6 Å². The fourth-order valence-electron chi connectivity index (χ4n) is 3.89. The van der Waals surface area contributed by atoms with Crippen molar-refractivity contribution in [3.63, 3.8) is 0 Å². The monoisotopic (exact) mass is 551 g/mol. The number of rotatable bonds is 10. The molecule has 0 bridgehead atoms. The molecule has 1 aromatic heterocycles. The van der Waals surface area contributed by atoms with Gasteiger partial charge in [0.15, 0.2) is 5.16 Å². The molecule has 0 amide bonds. The van der Waals surface area contributed by atoms with Crippen LogP contribution in [0.15, 0.2) is 82.8 Å². The standard InChI is InChI=1S/C29H33N3O4S2/c1-29(2,3)22-10-16-25(17-11-22)38(33,34)30-18-19-37-28-31-26(20-6-12-23(35-4)13-7-20)27(32-28)21-8-14-24(36-5)15-9-21/h6-17,30H,18-19H2,1-5H3,(H,31,32). The van der Waals surface area contributed by atoms with E-state index in [2.05, 4.69) is 30.5 Å². The number of H-pyrrole nitrogens is 1. The molecular weight excluding hydrogens is 518 g/mol. The van der Waals surface area contributed by atoms with Crippen molar-refractivity contribution in [1.29, 1.82) is 0 Å². The van der Waals surface area contributed by atoms with Gasteiger partial charge in [-0.15, -0.1) is 0 Å². The predicted molar refractivity (Wildman–Crippen MR) is 154 cm³/mol. The van der Waals surface area contributed by atoms with E-state index < -0.39 is 10.0 Å². The average molecular weight is 552 g/mol. The Morgan fingerprint density at radius 2 is 1.39 bits per heavy atom. The van der Waals surface area contributed by atoms with E-state index in [1.165, 1.54) is 11.8 Å². The largest absolute Gasteiger partial charge is 0.497 e. The van der Waals surface area contributed by atoms with Gasteiger partial charge in [0, 0.05) is 23.4 Å². The number of hydrogen-bond donors (Lipinski definition) is 2. The predicted octanol–water partition coefficient (Wildman–Crippen LogP) is 6.13. The Morgan fingerprint density at radius 3 is 1.92 bits per heavy atom. The third-order valence-electron chi connectivity index (χ3n) is 6.09. The van der Waals surface area contributed by atoms with Gasteiger partial charge in [0.2, 0.25) is 10.0 Å². The maximum absolute atomic E-state index is 12.8. The van der Waals surface area contributed by atoms with Crippen molar-refractivity contribution in [3.8, 4) is 34.0 Å². The van der Waals surface area contributed by atoms with E-state index in [1.807, 2.05) is 60.7 Å². The van der Waals surface area contributed by atoms with Crippen LogP contribution in [0.5, 0.6) is 11.5 Å². The molecule has 2 N–H and O–H groups in total. The second kappa shape index (κ2) is 11.6. The number of hydrogen-bond acceptors (Lipinski definition) is 6. The molecule has 38 heavy (non-hydrogen) atoms. The molecule has 4 rings (SSSR count). The van der Waals surface area contributed by atoms with Crippen molar-refractivity contribution >= 4 is 21.8 Å². The number of aromatic nitrogens is 2. The highest BCUT2D eigenvalue weighted by atomic mass is 32.2. The van der Waals surface area contributed by atoms with Crippen LogP contribution in [0.25, 0.3) is 22.5 Å². The first-order chi connectivity index (χ1) is 18.1. The smallest absolute Gasteiger partial charge is 0.240 e. The summed E-state index contributed by atoms with van der Waals surface area (Å²) in [7, 11) is -0.325. The van der Waals surface area contributed by atoms with Crippen molar-refractivity contribution in [2.45, 2.75) is 36.2 Å². The van der Waals surface area contributed by atoms with Crippen LogP contribution < -0.4 is 14.2 Å². The molecule has 0 radical (unpaired) electrons. The van der Waals surface area contributed by atoms with Crippen LogP contribution in [0, 0.1) is 0 Å². The minimum absolute atomic E-state index is 0.0370. The van der Waals surface area contributed by atoms with Crippen LogP contribution in [-0.2, 0) is 15.4 Å². The Balaban J connectivity index is 1.48. The highest BCUT2D eigenvalue weighted by Gasteiger charge is 2.18. The summed E-state index contributed by atoms with van der Waals surface area (Å²) in [4.78, 5) is 8.51. The summed E-state index contributed by atoms with van der Waals surface area (Å²) in [6.07, 6.45) is 0. The van der Waals surface area contributed by atoms with Gasteiger partial charge in [-0.1, -0.05) is 44.7 Å². The third-order valence-corrected chi connectivity index (χ3v) is 8.44. The summed E-state index contributed by atoms with van der Waals surface area (Å²) in [5.41, 5.74) is 4.64. The summed E-state index contributed by atoms with van der Waals surface area (Å²) in [6, 6.07) is 22.6. The summed E-state index contributed by atoms with van der Waals surface area (Å²) in [6.45, 7) is 6.56. The van der Waals surface area contributed by atoms with E-state index in [0.29, 0.717) is 10.9 Å². The molecule has 0 saturated heterocycles. The van der Waals surface area contributed by atoms with E-state index in [9.17, 15) is 8.42 Å². The lowest BCUT2D eigenvalue weighted by Gasteiger charge is -2.19. The molecule has 0 saturated carbocycles. The van der Waals surface area contributed by atoms with Gasteiger partial charge in [-0.3, -0.25) is 0 Å². The van der Waals surface area contributed by atoms with Gasteiger partial charge in [0.25, 0.3) is 0 Å². The lowest BCUT2D eigenvalue weighted by molar-refractivity contribution is 0.414. The summed E-state index contributed by atoms with van der Waals surface area (Å²) < 4.78 is 38.8. The molecule has 1 heterocycles. The van der Waals surface area contributed by atoms with Gasteiger partial charge >= 0.3 is 0 Å². The van der Waals surface area contributed by atoms with E-state index in [1.54, 1.807) is 26.4 Å². The highest BCUT2D eigenvalue weighted by Crippen LogP contribution is 2.34. The highest BCUT2D eigenvalue weighted by molar-refractivity contribution is 7.99. The Kier molecular flexibility index (Phi) is 8.50. The first-order valence-corrected chi connectivity index (χ1v) is 14.7. The summed E-state index contributed by atoms with van der Waals surface area (Å²) in [5, 5.41) is 0.704. The fourth-order valence-corrected chi connectivity index (χ4v) is 5.77. The molecule has 4 aromatic rings.